The van der Waals surface area contributed by atoms with Crippen LogP contribution in [0, 0.1) is 5.41 Å². The molecule has 0 atom stereocenters. The molecule has 0 saturated carbocycles. The highest BCUT2D eigenvalue weighted by atomic mass is 16.5. The number of nitrogens with one attached hydrogen (secondary N) is 1. The molecular weight excluding hydrogens is 502 g/mol. The topological polar surface area (TPSA) is 81.7 Å². The molecule has 0 spiro atoms. The molecule has 0 heterocycles. The zero-order valence-electron chi connectivity index (χ0n) is 25.2. The van der Waals surface area contributed by atoms with Crippen molar-refractivity contribution >= 4 is 23.5 Å². The molecule has 1 aliphatic rings. The molecule has 1 N–H and O–H groups in total. The van der Waals surface area contributed by atoms with Gasteiger partial charge < -0.3 is 14.8 Å². The highest BCUT2D eigenvalue weighted by Crippen LogP contribution is 2.40. The van der Waals surface area contributed by atoms with Crippen LogP contribution in [0.1, 0.15) is 93.4 Å². The van der Waals surface area contributed by atoms with Gasteiger partial charge in [0.15, 0.2) is 5.75 Å². The van der Waals surface area contributed by atoms with Gasteiger partial charge in [0.05, 0.1) is 5.69 Å². The minimum atomic E-state index is -0.431. The first-order valence-corrected chi connectivity index (χ1v) is 14.2. The van der Waals surface area contributed by atoms with E-state index in [1.165, 1.54) is 36.1 Å². The number of anilines is 1. The molecule has 1 aromatic carbocycles. The highest BCUT2D eigenvalue weighted by molar-refractivity contribution is 6.01. The molecule has 1 aliphatic carbocycles. The van der Waals surface area contributed by atoms with Crippen LogP contribution in [-0.2, 0) is 14.4 Å². The standard InChI is InChI=1S/C34H45NO5/c1-8-12-32(37)39-27-18-20-29(30(23-27)40-33(38)13-9-2)35-31(36)22-25(4)15-10-14-24(3)17-19-28-26(5)16-11-21-34(28,6)7/h10,14-15,17-20,22-23H,8-9,11-13,16,21H2,1-7H3,(H,35,36)/b15-10+,19-17+,24-14+,25-22+. The summed E-state index contributed by atoms with van der Waals surface area (Å²) < 4.78 is 10.8. The summed E-state index contributed by atoms with van der Waals surface area (Å²) >= 11 is 0. The van der Waals surface area contributed by atoms with Crippen molar-refractivity contribution in [1.29, 1.82) is 0 Å². The van der Waals surface area contributed by atoms with Crippen molar-refractivity contribution in [3.8, 4) is 11.5 Å². The van der Waals surface area contributed by atoms with Crippen molar-refractivity contribution in [1.82, 2.24) is 0 Å². The maximum Gasteiger partial charge on any atom is 0.311 e. The second kappa shape index (κ2) is 15.8. The molecule has 0 saturated heterocycles. The molecule has 0 radical (unpaired) electrons. The Morgan fingerprint density at radius 3 is 2.30 bits per heavy atom. The van der Waals surface area contributed by atoms with Gasteiger partial charge >= 0.3 is 11.9 Å². The molecule has 1 aromatic rings. The summed E-state index contributed by atoms with van der Waals surface area (Å²) in [5, 5.41) is 2.76. The lowest BCUT2D eigenvalue weighted by molar-refractivity contribution is -0.134. The van der Waals surface area contributed by atoms with Gasteiger partial charge in [-0.15, -0.1) is 0 Å². The highest BCUT2D eigenvalue weighted by Gasteiger charge is 2.26. The summed E-state index contributed by atoms with van der Waals surface area (Å²) in [5.41, 5.74) is 5.29. The quantitative estimate of drug-likeness (QED) is 0.123. The molecule has 0 aliphatic heterocycles. The lowest BCUT2D eigenvalue weighted by Gasteiger charge is -2.32. The number of esters is 2. The van der Waals surface area contributed by atoms with Crippen LogP contribution in [0.15, 0.2) is 76.9 Å². The fourth-order valence-electron chi connectivity index (χ4n) is 4.57. The lowest BCUT2D eigenvalue weighted by Crippen LogP contribution is -2.19. The van der Waals surface area contributed by atoms with Crippen LogP contribution in [0.3, 0.4) is 0 Å². The van der Waals surface area contributed by atoms with E-state index in [4.69, 9.17) is 9.47 Å². The second-order valence-electron chi connectivity index (χ2n) is 11.0. The molecule has 0 unspecified atom stereocenters. The van der Waals surface area contributed by atoms with Crippen molar-refractivity contribution in [3.05, 3.63) is 76.9 Å². The van der Waals surface area contributed by atoms with Gasteiger partial charge in [0.1, 0.15) is 5.75 Å². The van der Waals surface area contributed by atoms with Crippen LogP contribution < -0.4 is 14.8 Å². The number of allylic oxidation sites excluding steroid dienone is 9. The SMILES string of the molecule is CCCC(=O)Oc1ccc(NC(=O)/C=C(C)/C=C/C=C(C)/C=C/C2=C(C)CCCC2(C)C)c(OC(=O)CCC)c1. The van der Waals surface area contributed by atoms with Gasteiger partial charge in [-0.1, -0.05) is 69.2 Å². The van der Waals surface area contributed by atoms with E-state index in [0.29, 0.717) is 18.5 Å². The molecule has 0 fully saturated rings. The summed E-state index contributed by atoms with van der Waals surface area (Å²) in [7, 11) is 0. The third kappa shape index (κ3) is 10.8. The minimum Gasteiger partial charge on any atom is -0.426 e. The molecular formula is C34H45NO5. The Kier molecular flexibility index (Phi) is 12.9. The lowest BCUT2D eigenvalue weighted by atomic mass is 9.72. The van der Waals surface area contributed by atoms with E-state index in [9.17, 15) is 14.4 Å². The number of benzene rings is 1. The average Bonchev–Trinajstić information content (AvgIpc) is 2.85. The fraction of sp³-hybridized carbons (Fsp3) is 0.441. The van der Waals surface area contributed by atoms with Crippen molar-refractivity contribution in [2.24, 2.45) is 5.41 Å². The molecule has 2 rings (SSSR count). The Labute approximate surface area is 239 Å². The number of hydrogen-bond donors (Lipinski definition) is 1. The first-order valence-electron chi connectivity index (χ1n) is 14.2. The van der Waals surface area contributed by atoms with Crippen LogP contribution in [0.4, 0.5) is 5.69 Å². The number of hydrogen-bond acceptors (Lipinski definition) is 5. The Morgan fingerprint density at radius 2 is 1.65 bits per heavy atom. The average molecular weight is 548 g/mol. The van der Waals surface area contributed by atoms with Gasteiger partial charge in [-0.25, -0.2) is 0 Å². The van der Waals surface area contributed by atoms with Gasteiger partial charge in [0.2, 0.25) is 5.91 Å². The van der Waals surface area contributed by atoms with E-state index in [-0.39, 0.29) is 41.6 Å². The molecule has 6 nitrogen and oxygen atoms in total. The Hall–Kier alpha value is -3.67. The van der Waals surface area contributed by atoms with E-state index in [2.05, 4.69) is 45.2 Å². The maximum atomic E-state index is 12.7. The predicted molar refractivity (Wildman–Crippen MR) is 162 cm³/mol. The predicted octanol–water partition coefficient (Wildman–Crippen LogP) is 8.57. The smallest absolute Gasteiger partial charge is 0.311 e. The van der Waals surface area contributed by atoms with E-state index in [0.717, 1.165) is 17.6 Å². The summed E-state index contributed by atoms with van der Waals surface area (Å²) in [5.74, 6) is -0.792. The molecule has 6 heteroatoms. The van der Waals surface area contributed by atoms with Gasteiger partial charge in [-0.05, 0) is 81.6 Å². The van der Waals surface area contributed by atoms with Gasteiger partial charge in [-0.2, -0.15) is 0 Å². The van der Waals surface area contributed by atoms with Crippen molar-refractivity contribution < 1.29 is 23.9 Å². The number of amides is 1. The largest absolute Gasteiger partial charge is 0.426 e. The van der Waals surface area contributed by atoms with Crippen LogP contribution >= 0.6 is 0 Å². The normalized spacial score (nSPS) is 16.0. The van der Waals surface area contributed by atoms with E-state index in [1.807, 2.05) is 39.0 Å². The first kappa shape index (κ1) is 32.5. The molecule has 0 bridgehead atoms. The Morgan fingerprint density at radius 1 is 0.975 bits per heavy atom. The summed E-state index contributed by atoms with van der Waals surface area (Å²) in [4.78, 5) is 36.8. The van der Waals surface area contributed by atoms with E-state index >= 15 is 0 Å². The van der Waals surface area contributed by atoms with Crippen molar-refractivity contribution in [2.75, 3.05) is 5.32 Å². The minimum absolute atomic E-state index is 0.132. The third-order valence-electron chi connectivity index (χ3n) is 6.71. The van der Waals surface area contributed by atoms with E-state index in [1.54, 1.807) is 12.1 Å². The Bertz CT molecular complexity index is 1230. The molecule has 1 amide bonds. The third-order valence-corrected chi connectivity index (χ3v) is 6.71. The van der Waals surface area contributed by atoms with Crippen LogP contribution in [-0.4, -0.2) is 17.8 Å². The summed E-state index contributed by atoms with van der Waals surface area (Å²) in [6.07, 6.45) is 17.1. The van der Waals surface area contributed by atoms with Crippen molar-refractivity contribution in [2.45, 2.75) is 93.4 Å². The molecule has 40 heavy (non-hydrogen) atoms. The van der Waals surface area contributed by atoms with E-state index < -0.39 is 5.97 Å². The number of rotatable bonds is 12. The molecule has 216 valence electrons. The van der Waals surface area contributed by atoms with Crippen LogP contribution in [0.5, 0.6) is 11.5 Å². The summed E-state index contributed by atoms with van der Waals surface area (Å²) in [6.45, 7) is 14.5. The Balaban J connectivity index is 2.10. The van der Waals surface area contributed by atoms with Gasteiger partial charge in [0.25, 0.3) is 0 Å². The monoisotopic (exact) mass is 547 g/mol. The van der Waals surface area contributed by atoms with Crippen molar-refractivity contribution in [3.63, 3.8) is 0 Å². The van der Waals surface area contributed by atoms with Gasteiger partial charge in [-0.3, -0.25) is 14.4 Å². The van der Waals surface area contributed by atoms with Gasteiger partial charge in [0, 0.05) is 25.0 Å². The van der Waals surface area contributed by atoms with Crippen LogP contribution in [0.25, 0.3) is 0 Å². The number of carbonyl (C=O) groups is 3. The first-order chi connectivity index (χ1) is 18.9. The zero-order valence-corrected chi connectivity index (χ0v) is 25.2. The second-order valence-corrected chi connectivity index (χ2v) is 11.0. The zero-order chi connectivity index (χ0) is 29.7. The molecule has 0 aromatic heterocycles. The summed E-state index contributed by atoms with van der Waals surface area (Å²) in [6, 6.07) is 4.56. The fourth-order valence-corrected chi connectivity index (χ4v) is 4.57. The maximum absolute atomic E-state index is 12.7. The number of carbonyl (C=O) groups excluding carboxylic acids is 3. The van der Waals surface area contributed by atoms with Crippen LogP contribution in [0.2, 0.25) is 0 Å². The number of ether oxygens (including phenoxy) is 2.